The molecule has 25 heavy (non-hydrogen) atoms. The summed E-state index contributed by atoms with van der Waals surface area (Å²) in [5, 5.41) is 13.6. The molecule has 1 aromatic rings. The number of sulfonamides is 1. The first kappa shape index (κ1) is 21.0. The summed E-state index contributed by atoms with van der Waals surface area (Å²) < 4.78 is 25.9. The lowest BCUT2D eigenvalue weighted by molar-refractivity contribution is -0.385. The van der Waals surface area contributed by atoms with E-state index in [-0.39, 0.29) is 17.1 Å². The molecule has 0 aliphatic carbocycles. The minimum absolute atomic E-state index is 0.243. The van der Waals surface area contributed by atoms with Gasteiger partial charge in [-0.2, -0.15) is 4.31 Å². The molecule has 0 atom stereocenters. The SMILES string of the molecule is CCC(CC)(CN)NC(=O)CN(C)S(=O)(=O)c1cccc([N+](=O)[O-])c1. The first-order chi connectivity index (χ1) is 11.6. The molecule has 0 aromatic heterocycles. The van der Waals surface area contributed by atoms with E-state index in [1.807, 2.05) is 13.8 Å². The normalized spacial score (nSPS) is 12.2. The summed E-state index contributed by atoms with van der Waals surface area (Å²) in [5.74, 6) is -0.481. The fraction of sp³-hybridized carbons (Fsp3) is 0.533. The number of nitrogens with zero attached hydrogens (tertiary/aromatic N) is 2. The van der Waals surface area contributed by atoms with Gasteiger partial charge in [0.15, 0.2) is 0 Å². The third kappa shape index (κ3) is 4.97. The lowest BCUT2D eigenvalue weighted by Gasteiger charge is -2.32. The molecular formula is C15H24N4O5S. The molecule has 0 saturated carbocycles. The van der Waals surface area contributed by atoms with Gasteiger partial charge in [0.1, 0.15) is 0 Å². The largest absolute Gasteiger partial charge is 0.348 e. The molecule has 0 radical (unpaired) electrons. The van der Waals surface area contributed by atoms with Gasteiger partial charge in [0.25, 0.3) is 5.69 Å². The van der Waals surface area contributed by atoms with E-state index in [1.165, 1.54) is 25.2 Å². The highest BCUT2D eigenvalue weighted by atomic mass is 32.2. The zero-order valence-corrected chi connectivity index (χ0v) is 15.4. The summed E-state index contributed by atoms with van der Waals surface area (Å²) in [4.78, 5) is 22.1. The van der Waals surface area contributed by atoms with E-state index in [0.717, 1.165) is 10.4 Å². The van der Waals surface area contributed by atoms with Crippen LogP contribution in [0.2, 0.25) is 0 Å². The number of likely N-dealkylation sites (N-methyl/N-ethyl adjacent to an activating group) is 1. The van der Waals surface area contributed by atoms with Gasteiger partial charge < -0.3 is 11.1 Å². The topological polar surface area (TPSA) is 136 Å². The number of benzene rings is 1. The first-order valence-electron chi connectivity index (χ1n) is 7.83. The number of carbonyl (C=O) groups is 1. The number of non-ortho nitro benzene ring substituents is 1. The standard InChI is InChI=1S/C15H24N4O5S/c1-4-15(5-2,11-16)17-14(20)10-18(3)25(23,24)13-8-6-7-12(9-13)19(21)22/h6-9H,4-5,10-11,16H2,1-3H3,(H,17,20). The zero-order valence-electron chi connectivity index (χ0n) is 14.6. The monoisotopic (exact) mass is 372 g/mol. The minimum Gasteiger partial charge on any atom is -0.348 e. The predicted octanol–water partition coefficient (Wildman–Crippen LogP) is 0.849. The molecule has 140 valence electrons. The number of nitro groups is 1. The molecule has 1 aromatic carbocycles. The quantitative estimate of drug-likeness (QED) is 0.487. The van der Waals surface area contributed by atoms with Crippen LogP contribution < -0.4 is 11.1 Å². The summed E-state index contributed by atoms with van der Waals surface area (Å²) in [6.45, 7) is 3.61. The summed E-state index contributed by atoms with van der Waals surface area (Å²) in [5.41, 5.74) is 4.81. The zero-order chi connectivity index (χ0) is 19.3. The van der Waals surface area contributed by atoms with E-state index in [2.05, 4.69) is 5.32 Å². The second kappa shape index (κ2) is 8.37. The fourth-order valence-electron chi connectivity index (χ4n) is 2.33. The van der Waals surface area contributed by atoms with Gasteiger partial charge in [0, 0.05) is 25.7 Å². The average Bonchev–Trinajstić information content (AvgIpc) is 2.59. The van der Waals surface area contributed by atoms with Crippen molar-refractivity contribution in [1.82, 2.24) is 9.62 Å². The molecule has 0 fully saturated rings. The van der Waals surface area contributed by atoms with E-state index in [0.29, 0.717) is 12.8 Å². The van der Waals surface area contributed by atoms with Crippen molar-refractivity contribution in [3.63, 3.8) is 0 Å². The number of amides is 1. The molecule has 1 rings (SSSR count). The average molecular weight is 372 g/mol. The van der Waals surface area contributed by atoms with Crippen molar-refractivity contribution in [2.24, 2.45) is 5.73 Å². The van der Waals surface area contributed by atoms with Crippen LogP contribution in [0.4, 0.5) is 5.69 Å². The van der Waals surface area contributed by atoms with E-state index < -0.39 is 32.9 Å². The van der Waals surface area contributed by atoms with Crippen LogP contribution in [-0.4, -0.2) is 49.2 Å². The maximum absolute atomic E-state index is 12.5. The van der Waals surface area contributed by atoms with E-state index in [4.69, 9.17) is 5.73 Å². The van der Waals surface area contributed by atoms with Crippen molar-refractivity contribution >= 4 is 21.6 Å². The number of hydrogen-bond donors (Lipinski definition) is 2. The van der Waals surface area contributed by atoms with Crippen LogP contribution >= 0.6 is 0 Å². The van der Waals surface area contributed by atoms with E-state index in [9.17, 15) is 23.3 Å². The highest BCUT2D eigenvalue weighted by molar-refractivity contribution is 7.89. The van der Waals surface area contributed by atoms with Gasteiger partial charge in [-0.05, 0) is 18.9 Å². The van der Waals surface area contributed by atoms with Crippen LogP contribution in [0, 0.1) is 10.1 Å². The van der Waals surface area contributed by atoms with Crippen LogP contribution in [-0.2, 0) is 14.8 Å². The summed E-state index contributed by atoms with van der Waals surface area (Å²) in [6, 6.07) is 4.70. The Bertz CT molecular complexity index is 723. The third-order valence-corrected chi connectivity index (χ3v) is 6.05. The second-order valence-electron chi connectivity index (χ2n) is 5.76. The molecule has 0 spiro atoms. The van der Waals surface area contributed by atoms with Crippen LogP contribution in [0.5, 0.6) is 0 Å². The Morgan fingerprint density at radius 2 is 1.96 bits per heavy atom. The van der Waals surface area contributed by atoms with Crippen molar-refractivity contribution in [3.05, 3.63) is 34.4 Å². The molecule has 0 aliphatic rings. The van der Waals surface area contributed by atoms with Crippen molar-refractivity contribution in [2.45, 2.75) is 37.1 Å². The maximum atomic E-state index is 12.5. The number of hydrogen-bond acceptors (Lipinski definition) is 6. The van der Waals surface area contributed by atoms with E-state index >= 15 is 0 Å². The Hall–Kier alpha value is -2.04. The van der Waals surface area contributed by atoms with Crippen molar-refractivity contribution in [2.75, 3.05) is 20.1 Å². The molecule has 0 saturated heterocycles. The Kier molecular flexibility index (Phi) is 7.03. The summed E-state index contributed by atoms with van der Waals surface area (Å²) >= 11 is 0. The smallest absolute Gasteiger partial charge is 0.270 e. The number of rotatable bonds is 9. The number of nitro benzene ring substituents is 1. The summed E-state index contributed by atoms with van der Waals surface area (Å²) in [6.07, 6.45) is 1.24. The van der Waals surface area contributed by atoms with Gasteiger partial charge in [0.05, 0.1) is 21.9 Å². The molecule has 3 N–H and O–H groups in total. The van der Waals surface area contributed by atoms with Crippen molar-refractivity contribution in [3.8, 4) is 0 Å². The van der Waals surface area contributed by atoms with E-state index in [1.54, 1.807) is 0 Å². The Balaban J connectivity index is 2.95. The Labute approximate surface area is 147 Å². The summed E-state index contributed by atoms with van der Waals surface area (Å²) in [7, 11) is -2.78. The van der Waals surface area contributed by atoms with Gasteiger partial charge in [-0.3, -0.25) is 14.9 Å². The maximum Gasteiger partial charge on any atom is 0.270 e. The molecule has 9 nitrogen and oxygen atoms in total. The fourth-order valence-corrected chi connectivity index (χ4v) is 3.49. The Morgan fingerprint density at radius 1 is 1.36 bits per heavy atom. The minimum atomic E-state index is -4.03. The highest BCUT2D eigenvalue weighted by Gasteiger charge is 2.29. The van der Waals surface area contributed by atoms with Gasteiger partial charge in [-0.25, -0.2) is 8.42 Å². The predicted molar refractivity (Wildman–Crippen MR) is 93.4 cm³/mol. The molecule has 10 heteroatoms. The third-order valence-electron chi connectivity index (χ3n) is 4.25. The van der Waals surface area contributed by atoms with Crippen LogP contribution in [0.3, 0.4) is 0 Å². The number of nitrogens with one attached hydrogen (secondary N) is 1. The lowest BCUT2D eigenvalue weighted by Crippen LogP contribution is -2.55. The highest BCUT2D eigenvalue weighted by Crippen LogP contribution is 2.20. The number of carbonyl (C=O) groups excluding carboxylic acids is 1. The molecule has 0 unspecified atom stereocenters. The first-order valence-corrected chi connectivity index (χ1v) is 9.27. The lowest BCUT2D eigenvalue weighted by atomic mass is 9.93. The van der Waals surface area contributed by atoms with Crippen molar-refractivity contribution < 1.29 is 18.1 Å². The van der Waals surface area contributed by atoms with Crippen LogP contribution in [0.15, 0.2) is 29.2 Å². The molecule has 0 aliphatic heterocycles. The molecule has 1 amide bonds. The molecule has 0 bridgehead atoms. The second-order valence-corrected chi connectivity index (χ2v) is 7.80. The van der Waals surface area contributed by atoms with Crippen LogP contribution in [0.25, 0.3) is 0 Å². The van der Waals surface area contributed by atoms with Crippen LogP contribution in [0.1, 0.15) is 26.7 Å². The van der Waals surface area contributed by atoms with Gasteiger partial charge in [0.2, 0.25) is 15.9 Å². The molecular weight excluding hydrogens is 348 g/mol. The molecule has 0 heterocycles. The van der Waals surface area contributed by atoms with Crippen molar-refractivity contribution in [1.29, 1.82) is 0 Å². The van der Waals surface area contributed by atoms with Gasteiger partial charge >= 0.3 is 0 Å². The number of nitrogens with two attached hydrogens (primary N) is 1. The van der Waals surface area contributed by atoms with Gasteiger partial charge in [-0.15, -0.1) is 0 Å². The van der Waals surface area contributed by atoms with Gasteiger partial charge in [-0.1, -0.05) is 19.9 Å². The Morgan fingerprint density at radius 3 is 2.44 bits per heavy atom.